The number of hydrogen-bond acceptors (Lipinski definition) is 3. The van der Waals surface area contributed by atoms with Gasteiger partial charge in [-0.15, -0.1) is 0 Å². The fourth-order valence-corrected chi connectivity index (χ4v) is 1.68. The first-order valence-electron chi connectivity index (χ1n) is 6.31. The molecule has 0 saturated carbocycles. The number of methoxy groups -OCH3 is 1. The van der Waals surface area contributed by atoms with Crippen molar-refractivity contribution in [1.29, 1.82) is 0 Å². The Morgan fingerprint density at radius 1 is 1.15 bits per heavy atom. The zero-order valence-electron chi connectivity index (χ0n) is 11.6. The molecule has 0 saturated heterocycles. The SMILES string of the molecule is COC(=O)Nc1cccc(OCc2ccc(C)cc2)c1. The molecule has 0 heterocycles. The topological polar surface area (TPSA) is 47.6 Å². The highest BCUT2D eigenvalue weighted by Crippen LogP contribution is 2.18. The summed E-state index contributed by atoms with van der Waals surface area (Å²) in [6.07, 6.45) is -0.499. The van der Waals surface area contributed by atoms with Gasteiger partial charge >= 0.3 is 6.09 Å². The minimum atomic E-state index is -0.499. The van der Waals surface area contributed by atoms with Crippen LogP contribution in [0.4, 0.5) is 10.5 Å². The molecule has 2 rings (SSSR count). The van der Waals surface area contributed by atoms with E-state index in [4.69, 9.17) is 4.74 Å². The normalized spacial score (nSPS) is 9.90. The number of carbonyl (C=O) groups excluding carboxylic acids is 1. The van der Waals surface area contributed by atoms with Crippen molar-refractivity contribution in [3.8, 4) is 5.75 Å². The van der Waals surface area contributed by atoms with E-state index >= 15 is 0 Å². The smallest absolute Gasteiger partial charge is 0.411 e. The first-order valence-corrected chi connectivity index (χ1v) is 6.31. The maximum Gasteiger partial charge on any atom is 0.411 e. The van der Waals surface area contributed by atoms with Gasteiger partial charge in [-0.05, 0) is 24.6 Å². The van der Waals surface area contributed by atoms with Crippen molar-refractivity contribution in [3.63, 3.8) is 0 Å². The summed E-state index contributed by atoms with van der Waals surface area (Å²) in [6.45, 7) is 2.54. The fourth-order valence-electron chi connectivity index (χ4n) is 1.68. The third kappa shape index (κ3) is 4.02. The zero-order chi connectivity index (χ0) is 14.4. The van der Waals surface area contributed by atoms with Gasteiger partial charge in [0.15, 0.2) is 0 Å². The molecule has 0 atom stereocenters. The van der Waals surface area contributed by atoms with Crippen molar-refractivity contribution in [2.24, 2.45) is 0 Å². The maximum atomic E-state index is 11.1. The van der Waals surface area contributed by atoms with Crippen molar-refractivity contribution in [3.05, 3.63) is 59.7 Å². The Morgan fingerprint density at radius 2 is 1.90 bits per heavy atom. The summed E-state index contributed by atoms with van der Waals surface area (Å²) in [7, 11) is 1.33. The second-order valence-corrected chi connectivity index (χ2v) is 4.42. The Balaban J connectivity index is 1.97. The molecule has 0 aliphatic heterocycles. The summed E-state index contributed by atoms with van der Waals surface area (Å²) >= 11 is 0. The molecular formula is C16H17NO3. The predicted molar refractivity (Wildman–Crippen MR) is 78.0 cm³/mol. The second kappa shape index (κ2) is 6.61. The third-order valence-corrected chi connectivity index (χ3v) is 2.79. The van der Waals surface area contributed by atoms with Gasteiger partial charge in [0.1, 0.15) is 12.4 Å². The molecule has 0 fully saturated rings. The zero-order valence-corrected chi connectivity index (χ0v) is 11.6. The lowest BCUT2D eigenvalue weighted by molar-refractivity contribution is 0.187. The highest BCUT2D eigenvalue weighted by molar-refractivity contribution is 5.84. The average molecular weight is 271 g/mol. The molecule has 0 aliphatic carbocycles. The quantitative estimate of drug-likeness (QED) is 0.921. The lowest BCUT2D eigenvalue weighted by atomic mass is 10.2. The number of carbonyl (C=O) groups is 1. The molecule has 4 heteroatoms. The minimum Gasteiger partial charge on any atom is -0.489 e. The van der Waals surface area contributed by atoms with Crippen LogP contribution in [0.15, 0.2) is 48.5 Å². The van der Waals surface area contributed by atoms with Crippen LogP contribution in [-0.4, -0.2) is 13.2 Å². The van der Waals surface area contributed by atoms with Gasteiger partial charge in [0, 0.05) is 11.8 Å². The molecule has 20 heavy (non-hydrogen) atoms. The monoisotopic (exact) mass is 271 g/mol. The van der Waals surface area contributed by atoms with Crippen LogP contribution >= 0.6 is 0 Å². The lowest BCUT2D eigenvalue weighted by Gasteiger charge is -2.09. The van der Waals surface area contributed by atoms with Crippen LogP contribution in [0.1, 0.15) is 11.1 Å². The fraction of sp³-hybridized carbons (Fsp3) is 0.188. The Kier molecular flexibility index (Phi) is 4.60. The summed E-state index contributed by atoms with van der Waals surface area (Å²) in [6, 6.07) is 15.4. The van der Waals surface area contributed by atoms with Crippen molar-refractivity contribution in [2.75, 3.05) is 12.4 Å². The molecule has 2 aromatic rings. The molecular weight excluding hydrogens is 254 g/mol. The number of rotatable bonds is 4. The number of amides is 1. The van der Waals surface area contributed by atoms with E-state index in [1.54, 1.807) is 12.1 Å². The number of benzene rings is 2. The first kappa shape index (κ1) is 13.9. The Bertz CT molecular complexity index is 579. The van der Waals surface area contributed by atoms with Gasteiger partial charge in [0.05, 0.1) is 7.11 Å². The summed E-state index contributed by atoms with van der Waals surface area (Å²) in [5, 5.41) is 2.60. The second-order valence-electron chi connectivity index (χ2n) is 4.42. The molecule has 1 amide bonds. The van der Waals surface area contributed by atoms with E-state index in [1.165, 1.54) is 12.7 Å². The van der Waals surface area contributed by atoms with E-state index in [0.29, 0.717) is 18.0 Å². The van der Waals surface area contributed by atoms with Crippen molar-refractivity contribution in [2.45, 2.75) is 13.5 Å². The molecule has 0 aliphatic rings. The standard InChI is InChI=1S/C16H17NO3/c1-12-6-8-13(9-7-12)11-20-15-5-3-4-14(10-15)17-16(18)19-2/h3-10H,11H2,1-2H3,(H,17,18). The van der Waals surface area contributed by atoms with Gasteiger partial charge in [-0.3, -0.25) is 5.32 Å². The minimum absolute atomic E-state index is 0.488. The van der Waals surface area contributed by atoms with Crippen LogP contribution < -0.4 is 10.1 Å². The first-order chi connectivity index (χ1) is 9.67. The van der Waals surface area contributed by atoms with Gasteiger partial charge in [-0.2, -0.15) is 0 Å². The summed E-state index contributed by atoms with van der Waals surface area (Å²) in [4.78, 5) is 11.1. The van der Waals surface area contributed by atoms with E-state index in [9.17, 15) is 4.79 Å². The highest BCUT2D eigenvalue weighted by atomic mass is 16.5. The molecule has 0 spiro atoms. The number of hydrogen-bond donors (Lipinski definition) is 1. The highest BCUT2D eigenvalue weighted by Gasteiger charge is 2.02. The molecule has 0 bridgehead atoms. The van der Waals surface area contributed by atoms with Gasteiger partial charge in [-0.25, -0.2) is 4.79 Å². The van der Waals surface area contributed by atoms with Crippen LogP contribution in [0.5, 0.6) is 5.75 Å². The van der Waals surface area contributed by atoms with E-state index in [-0.39, 0.29) is 0 Å². The molecule has 4 nitrogen and oxygen atoms in total. The van der Waals surface area contributed by atoms with E-state index in [0.717, 1.165) is 5.56 Å². The number of aryl methyl sites for hydroxylation is 1. The van der Waals surface area contributed by atoms with Gasteiger partial charge in [0.25, 0.3) is 0 Å². The van der Waals surface area contributed by atoms with Gasteiger partial charge in [-0.1, -0.05) is 35.9 Å². The van der Waals surface area contributed by atoms with Gasteiger partial charge < -0.3 is 9.47 Å². The largest absolute Gasteiger partial charge is 0.489 e. The van der Waals surface area contributed by atoms with E-state index < -0.39 is 6.09 Å². The van der Waals surface area contributed by atoms with Crippen LogP contribution in [0.2, 0.25) is 0 Å². The van der Waals surface area contributed by atoms with E-state index in [2.05, 4.69) is 10.1 Å². The Morgan fingerprint density at radius 3 is 2.60 bits per heavy atom. The van der Waals surface area contributed by atoms with Crippen LogP contribution in [-0.2, 0) is 11.3 Å². The maximum absolute atomic E-state index is 11.1. The number of ether oxygens (including phenoxy) is 2. The number of nitrogens with one attached hydrogen (secondary N) is 1. The average Bonchev–Trinajstić information content (AvgIpc) is 2.47. The van der Waals surface area contributed by atoms with E-state index in [1.807, 2.05) is 43.3 Å². The Labute approximate surface area is 118 Å². The molecule has 2 aromatic carbocycles. The van der Waals surface area contributed by atoms with Crippen molar-refractivity contribution in [1.82, 2.24) is 0 Å². The summed E-state index contributed by atoms with van der Waals surface area (Å²) < 4.78 is 10.2. The van der Waals surface area contributed by atoms with Crippen molar-refractivity contribution >= 4 is 11.8 Å². The lowest BCUT2D eigenvalue weighted by Crippen LogP contribution is -2.10. The summed E-state index contributed by atoms with van der Waals surface area (Å²) in [5.74, 6) is 0.694. The molecule has 104 valence electrons. The molecule has 0 radical (unpaired) electrons. The predicted octanol–water partition coefficient (Wildman–Crippen LogP) is 3.75. The summed E-state index contributed by atoms with van der Waals surface area (Å²) in [5.41, 5.74) is 2.96. The Hall–Kier alpha value is -2.49. The van der Waals surface area contributed by atoms with Crippen LogP contribution in [0.3, 0.4) is 0 Å². The van der Waals surface area contributed by atoms with Gasteiger partial charge in [0.2, 0.25) is 0 Å². The third-order valence-electron chi connectivity index (χ3n) is 2.79. The molecule has 0 unspecified atom stereocenters. The van der Waals surface area contributed by atoms with Crippen molar-refractivity contribution < 1.29 is 14.3 Å². The molecule has 0 aromatic heterocycles. The van der Waals surface area contributed by atoms with Crippen LogP contribution in [0, 0.1) is 6.92 Å². The van der Waals surface area contributed by atoms with Crippen LogP contribution in [0.25, 0.3) is 0 Å². The number of anilines is 1. The molecule has 1 N–H and O–H groups in total.